The van der Waals surface area contributed by atoms with Crippen LogP contribution in [0.15, 0.2) is 29.3 Å². The van der Waals surface area contributed by atoms with E-state index in [1.54, 1.807) is 6.20 Å². The lowest BCUT2D eigenvalue weighted by atomic mass is 10.3. The summed E-state index contributed by atoms with van der Waals surface area (Å²) in [7, 11) is 0. The molecule has 0 aliphatic heterocycles. The minimum Gasteiger partial charge on any atom is -0.383 e. The Bertz CT molecular complexity index is 525. The van der Waals surface area contributed by atoms with Crippen molar-refractivity contribution in [2.45, 2.75) is 4.90 Å². The molecular formula is C10H9F2N3S. The van der Waals surface area contributed by atoms with Crippen molar-refractivity contribution < 1.29 is 8.78 Å². The number of hydrogen-bond donors (Lipinski definition) is 1. The molecule has 0 amide bonds. The molecule has 0 fully saturated rings. The van der Waals surface area contributed by atoms with E-state index in [-0.39, 0.29) is 5.69 Å². The van der Waals surface area contributed by atoms with Crippen LogP contribution in [0.5, 0.6) is 0 Å². The topological polar surface area (TPSA) is 43.8 Å². The molecule has 16 heavy (non-hydrogen) atoms. The second-order valence-corrected chi connectivity index (χ2v) is 3.95. The van der Waals surface area contributed by atoms with Gasteiger partial charge in [-0.3, -0.25) is 0 Å². The zero-order chi connectivity index (χ0) is 11.7. The van der Waals surface area contributed by atoms with Crippen molar-refractivity contribution in [3.05, 3.63) is 36.0 Å². The lowest BCUT2D eigenvalue weighted by Gasteiger charge is -2.05. The molecule has 3 nitrogen and oxygen atoms in total. The molecule has 0 unspecified atom stereocenters. The molecule has 2 aromatic rings. The molecule has 6 heteroatoms. The second-order valence-electron chi connectivity index (χ2n) is 3.11. The summed E-state index contributed by atoms with van der Waals surface area (Å²) < 4.78 is 27.4. The van der Waals surface area contributed by atoms with Crippen LogP contribution in [0.1, 0.15) is 0 Å². The van der Waals surface area contributed by atoms with Crippen LogP contribution in [0.25, 0.3) is 5.69 Å². The molecule has 0 bridgehead atoms. The molecule has 0 radical (unpaired) electrons. The number of hydrogen-bond acceptors (Lipinski definition) is 3. The van der Waals surface area contributed by atoms with Gasteiger partial charge in [-0.2, -0.15) is 5.10 Å². The monoisotopic (exact) mass is 241 g/mol. The van der Waals surface area contributed by atoms with Crippen LogP contribution in [0, 0.1) is 11.6 Å². The van der Waals surface area contributed by atoms with Gasteiger partial charge in [-0.25, -0.2) is 13.5 Å². The average Bonchev–Trinajstić information content (AvgIpc) is 2.60. The van der Waals surface area contributed by atoms with Crippen molar-refractivity contribution in [2.24, 2.45) is 0 Å². The van der Waals surface area contributed by atoms with E-state index >= 15 is 0 Å². The van der Waals surface area contributed by atoms with Gasteiger partial charge < -0.3 is 5.73 Å². The number of benzene rings is 1. The van der Waals surface area contributed by atoms with Crippen LogP contribution in [0.4, 0.5) is 14.6 Å². The zero-order valence-electron chi connectivity index (χ0n) is 8.45. The molecule has 84 valence electrons. The van der Waals surface area contributed by atoms with E-state index < -0.39 is 11.6 Å². The second kappa shape index (κ2) is 4.13. The molecule has 0 aliphatic rings. The van der Waals surface area contributed by atoms with E-state index in [9.17, 15) is 8.78 Å². The Balaban J connectivity index is 2.54. The molecule has 1 heterocycles. The van der Waals surface area contributed by atoms with Gasteiger partial charge in [0.2, 0.25) is 0 Å². The van der Waals surface area contributed by atoms with Crippen molar-refractivity contribution in [1.29, 1.82) is 0 Å². The predicted molar refractivity (Wildman–Crippen MR) is 59.7 cm³/mol. The number of nitrogens with two attached hydrogens (primary N) is 1. The molecular weight excluding hydrogens is 232 g/mol. The summed E-state index contributed by atoms with van der Waals surface area (Å²) in [5, 5.41) is 3.96. The number of anilines is 1. The molecule has 0 spiro atoms. The summed E-state index contributed by atoms with van der Waals surface area (Å²) in [5.41, 5.74) is 5.91. The Morgan fingerprint density at radius 1 is 1.38 bits per heavy atom. The minimum atomic E-state index is -0.692. The average molecular weight is 241 g/mol. The van der Waals surface area contributed by atoms with Crippen LogP contribution >= 0.6 is 11.8 Å². The third-order valence-corrected chi connectivity index (χ3v) is 2.88. The SMILES string of the molecule is CSc1cnn(-c2ccc(F)cc2F)c1N. The summed E-state index contributed by atoms with van der Waals surface area (Å²) in [4.78, 5) is 0.753. The highest BCUT2D eigenvalue weighted by atomic mass is 32.2. The maximum atomic E-state index is 13.5. The highest BCUT2D eigenvalue weighted by Gasteiger charge is 2.12. The van der Waals surface area contributed by atoms with E-state index in [0.29, 0.717) is 5.82 Å². The van der Waals surface area contributed by atoms with Gasteiger partial charge in [0.25, 0.3) is 0 Å². The highest BCUT2D eigenvalue weighted by Crippen LogP contribution is 2.25. The van der Waals surface area contributed by atoms with Crippen LogP contribution < -0.4 is 5.73 Å². The van der Waals surface area contributed by atoms with E-state index in [2.05, 4.69) is 5.10 Å². The molecule has 1 aromatic carbocycles. The number of halogens is 2. The van der Waals surface area contributed by atoms with Gasteiger partial charge in [0.05, 0.1) is 11.1 Å². The summed E-state index contributed by atoms with van der Waals surface area (Å²) in [6, 6.07) is 3.27. The van der Waals surface area contributed by atoms with Crippen molar-refractivity contribution in [3.8, 4) is 5.69 Å². The van der Waals surface area contributed by atoms with Crippen molar-refractivity contribution in [2.75, 3.05) is 12.0 Å². The van der Waals surface area contributed by atoms with Crippen molar-refractivity contribution >= 4 is 17.6 Å². The molecule has 0 aliphatic carbocycles. The van der Waals surface area contributed by atoms with E-state index in [1.165, 1.54) is 22.5 Å². The first-order valence-corrected chi connectivity index (χ1v) is 5.69. The van der Waals surface area contributed by atoms with Crippen molar-refractivity contribution in [1.82, 2.24) is 9.78 Å². The van der Waals surface area contributed by atoms with Crippen molar-refractivity contribution in [3.63, 3.8) is 0 Å². The summed E-state index contributed by atoms with van der Waals surface area (Å²) in [6.45, 7) is 0. The van der Waals surface area contributed by atoms with Gasteiger partial charge in [0, 0.05) is 6.07 Å². The van der Waals surface area contributed by atoms with Crippen LogP contribution in [-0.2, 0) is 0 Å². The Kier molecular flexibility index (Phi) is 2.82. The lowest BCUT2D eigenvalue weighted by molar-refractivity contribution is 0.574. The van der Waals surface area contributed by atoms with Crippen LogP contribution in [0.2, 0.25) is 0 Å². The minimum absolute atomic E-state index is 0.138. The third kappa shape index (κ3) is 1.76. The van der Waals surface area contributed by atoms with E-state index in [0.717, 1.165) is 17.0 Å². The fraction of sp³-hybridized carbons (Fsp3) is 0.100. The largest absolute Gasteiger partial charge is 0.383 e. The van der Waals surface area contributed by atoms with Gasteiger partial charge in [-0.1, -0.05) is 0 Å². The maximum Gasteiger partial charge on any atom is 0.151 e. The molecule has 0 atom stereocenters. The van der Waals surface area contributed by atoms with Gasteiger partial charge in [-0.15, -0.1) is 11.8 Å². The summed E-state index contributed by atoms with van der Waals surface area (Å²) in [6.07, 6.45) is 3.39. The third-order valence-electron chi connectivity index (χ3n) is 2.13. The normalized spacial score (nSPS) is 10.7. The quantitative estimate of drug-likeness (QED) is 0.821. The first kappa shape index (κ1) is 10.9. The van der Waals surface area contributed by atoms with Gasteiger partial charge in [0.1, 0.15) is 17.3 Å². The molecule has 2 N–H and O–H groups in total. The fourth-order valence-corrected chi connectivity index (χ4v) is 1.79. The smallest absolute Gasteiger partial charge is 0.151 e. The molecule has 0 saturated carbocycles. The Hall–Kier alpha value is -1.56. The van der Waals surface area contributed by atoms with Gasteiger partial charge >= 0.3 is 0 Å². The molecule has 0 saturated heterocycles. The van der Waals surface area contributed by atoms with Gasteiger partial charge in [-0.05, 0) is 18.4 Å². The lowest BCUT2D eigenvalue weighted by Crippen LogP contribution is -2.04. The predicted octanol–water partition coefficient (Wildman–Crippen LogP) is 2.45. The summed E-state index contributed by atoms with van der Waals surface area (Å²) >= 11 is 1.42. The highest BCUT2D eigenvalue weighted by molar-refractivity contribution is 7.98. The first-order valence-electron chi connectivity index (χ1n) is 4.46. The number of nitrogen functional groups attached to an aromatic ring is 1. The fourth-order valence-electron chi connectivity index (χ4n) is 1.35. The zero-order valence-corrected chi connectivity index (χ0v) is 9.26. The Morgan fingerprint density at radius 2 is 2.12 bits per heavy atom. The van der Waals surface area contributed by atoms with Crippen LogP contribution in [-0.4, -0.2) is 16.0 Å². The van der Waals surface area contributed by atoms with Crippen LogP contribution in [0.3, 0.4) is 0 Å². The maximum absolute atomic E-state index is 13.5. The number of rotatable bonds is 2. The van der Waals surface area contributed by atoms with Gasteiger partial charge in [0.15, 0.2) is 5.82 Å². The van der Waals surface area contributed by atoms with E-state index in [1.807, 2.05) is 6.26 Å². The standard InChI is InChI=1S/C10H9F2N3S/c1-16-9-5-14-15(10(9)13)8-3-2-6(11)4-7(8)12/h2-5H,13H2,1H3. The summed E-state index contributed by atoms with van der Waals surface area (Å²) in [5.74, 6) is -0.975. The number of aromatic nitrogens is 2. The first-order chi connectivity index (χ1) is 7.63. The Morgan fingerprint density at radius 3 is 2.69 bits per heavy atom. The molecule has 2 rings (SSSR count). The number of thioether (sulfide) groups is 1. The number of nitrogens with zero attached hydrogens (tertiary/aromatic N) is 2. The van der Waals surface area contributed by atoms with E-state index in [4.69, 9.17) is 5.73 Å². The molecule has 1 aromatic heterocycles. The Labute approximate surface area is 95.3 Å².